The number of hydrogen-bond donors (Lipinski definition) is 2. The van der Waals surface area contributed by atoms with Crippen LogP contribution in [0.5, 0.6) is 5.75 Å². The highest BCUT2D eigenvalue weighted by atomic mass is 19.1. The third-order valence-electron chi connectivity index (χ3n) is 2.90. The van der Waals surface area contributed by atoms with Gasteiger partial charge in [-0.05, 0) is 42.8 Å². The van der Waals surface area contributed by atoms with Crippen LogP contribution in [0.4, 0.5) is 15.8 Å². The maximum atomic E-state index is 13.6. The number of methoxy groups -OCH3 is 1. The SMILES string of the molecule is COc1ccc(Nc2ccc(C(=O)O)cc2C)cc1F. The van der Waals surface area contributed by atoms with E-state index in [-0.39, 0.29) is 11.3 Å². The standard InChI is InChI=1S/C15H14FNO3/c1-9-7-10(15(18)19)3-5-13(9)17-11-4-6-14(20-2)12(16)8-11/h3-8,17H,1-2H3,(H,18,19). The third kappa shape index (κ3) is 2.88. The number of aryl methyl sites for hydroxylation is 1. The van der Waals surface area contributed by atoms with Crippen molar-refractivity contribution >= 4 is 17.3 Å². The van der Waals surface area contributed by atoms with Crippen LogP contribution in [-0.4, -0.2) is 18.2 Å². The summed E-state index contributed by atoms with van der Waals surface area (Å²) in [4.78, 5) is 10.9. The highest BCUT2D eigenvalue weighted by molar-refractivity contribution is 5.88. The molecule has 0 heterocycles. The normalized spacial score (nSPS) is 10.2. The summed E-state index contributed by atoms with van der Waals surface area (Å²) in [7, 11) is 1.40. The molecule has 0 bridgehead atoms. The maximum Gasteiger partial charge on any atom is 0.335 e. The first-order valence-electron chi connectivity index (χ1n) is 5.96. The largest absolute Gasteiger partial charge is 0.494 e. The summed E-state index contributed by atoms with van der Waals surface area (Å²) in [5.41, 5.74) is 2.27. The Morgan fingerprint density at radius 3 is 2.55 bits per heavy atom. The van der Waals surface area contributed by atoms with Gasteiger partial charge in [-0.25, -0.2) is 9.18 Å². The molecular formula is C15H14FNO3. The van der Waals surface area contributed by atoms with Crippen LogP contribution in [0, 0.1) is 12.7 Å². The maximum absolute atomic E-state index is 13.6. The Balaban J connectivity index is 2.26. The van der Waals surface area contributed by atoms with Gasteiger partial charge in [-0.15, -0.1) is 0 Å². The first-order chi connectivity index (χ1) is 9.51. The molecule has 0 aromatic heterocycles. The van der Waals surface area contributed by atoms with Gasteiger partial charge < -0.3 is 15.2 Å². The zero-order valence-electron chi connectivity index (χ0n) is 11.1. The first kappa shape index (κ1) is 13.9. The summed E-state index contributed by atoms with van der Waals surface area (Å²) in [6.45, 7) is 1.79. The zero-order valence-corrected chi connectivity index (χ0v) is 11.1. The van der Waals surface area contributed by atoms with Gasteiger partial charge in [0, 0.05) is 17.4 Å². The lowest BCUT2D eigenvalue weighted by Gasteiger charge is -2.11. The molecular weight excluding hydrogens is 261 g/mol. The molecule has 0 unspecified atom stereocenters. The smallest absolute Gasteiger partial charge is 0.335 e. The molecule has 0 saturated heterocycles. The highest BCUT2D eigenvalue weighted by Gasteiger charge is 2.07. The van der Waals surface area contributed by atoms with Crippen LogP contribution in [0.1, 0.15) is 15.9 Å². The van der Waals surface area contributed by atoms with Crippen LogP contribution in [0.2, 0.25) is 0 Å². The number of rotatable bonds is 4. The lowest BCUT2D eigenvalue weighted by molar-refractivity contribution is 0.0697. The van der Waals surface area contributed by atoms with Crippen LogP contribution in [-0.2, 0) is 0 Å². The third-order valence-corrected chi connectivity index (χ3v) is 2.90. The van der Waals surface area contributed by atoms with Gasteiger partial charge in [0.1, 0.15) is 0 Å². The van der Waals surface area contributed by atoms with E-state index in [0.717, 1.165) is 11.3 Å². The number of anilines is 2. The van der Waals surface area contributed by atoms with E-state index < -0.39 is 11.8 Å². The van der Waals surface area contributed by atoms with Crippen LogP contribution >= 0.6 is 0 Å². The van der Waals surface area contributed by atoms with E-state index >= 15 is 0 Å². The van der Waals surface area contributed by atoms with Crippen molar-refractivity contribution in [1.82, 2.24) is 0 Å². The van der Waals surface area contributed by atoms with E-state index in [1.807, 2.05) is 0 Å². The lowest BCUT2D eigenvalue weighted by Crippen LogP contribution is -1.99. The topological polar surface area (TPSA) is 58.6 Å². The molecule has 4 nitrogen and oxygen atoms in total. The number of carbonyl (C=O) groups is 1. The van der Waals surface area contributed by atoms with Gasteiger partial charge in [0.2, 0.25) is 0 Å². The Labute approximate surface area is 115 Å². The number of ether oxygens (including phenoxy) is 1. The Kier molecular flexibility index (Phi) is 3.89. The summed E-state index contributed by atoms with van der Waals surface area (Å²) in [6.07, 6.45) is 0. The van der Waals surface area contributed by atoms with Gasteiger partial charge >= 0.3 is 5.97 Å². The van der Waals surface area contributed by atoms with Crippen molar-refractivity contribution in [1.29, 1.82) is 0 Å². The van der Waals surface area contributed by atoms with E-state index in [4.69, 9.17) is 9.84 Å². The van der Waals surface area contributed by atoms with E-state index in [2.05, 4.69) is 5.32 Å². The van der Waals surface area contributed by atoms with Crippen molar-refractivity contribution in [3.63, 3.8) is 0 Å². The number of benzene rings is 2. The number of aromatic carboxylic acids is 1. The fourth-order valence-corrected chi connectivity index (χ4v) is 1.84. The Bertz CT molecular complexity index is 656. The molecule has 0 radical (unpaired) electrons. The predicted molar refractivity (Wildman–Crippen MR) is 74.4 cm³/mol. The second kappa shape index (κ2) is 5.61. The van der Waals surface area contributed by atoms with E-state index in [1.54, 1.807) is 25.1 Å². The number of hydrogen-bond acceptors (Lipinski definition) is 3. The molecule has 0 atom stereocenters. The van der Waals surface area contributed by atoms with E-state index in [1.165, 1.54) is 25.3 Å². The molecule has 0 aliphatic rings. The minimum atomic E-state index is -0.977. The highest BCUT2D eigenvalue weighted by Crippen LogP contribution is 2.25. The first-order valence-corrected chi connectivity index (χ1v) is 5.96. The molecule has 0 aliphatic heterocycles. The van der Waals surface area contributed by atoms with E-state index in [9.17, 15) is 9.18 Å². The molecule has 0 saturated carbocycles. The van der Waals surface area contributed by atoms with Gasteiger partial charge in [-0.3, -0.25) is 0 Å². The molecule has 5 heteroatoms. The second-order valence-electron chi connectivity index (χ2n) is 4.31. The van der Waals surface area contributed by atoms with Gasteiger partial charge in [0.05, 0.1) is 12.7 Å². The summed E-state index contributed by atoms with van der Waals surface area (Å²) in [6, 6.07) is 9.25. The number of halogens is 1. The number of nitrogens with one attached hydrogen (secondary N) is 1. The average Bonchev–Trinajstić information content (AvgIpc) is 2.41. The molecule has 0 fully saturated rings. The summed E-state index contributed by atoms with van der Waals surface area (Å²) in [5, 5.41) is 11.9. The molecule has 0 spiro atoms. The summed E-state index contributed by atoms with van der Waals surface area (Å²) < 4.78 is 18.4. The average molecular weight is 275 g/mol. The van der Waals surface area contributed by atoms with Crippen molar-refractivity contribution in [2.45, 2.75) is 6.92 Å². The predicted octanol–water partition coefficient (Wildman–Crippen LogP) is 3.58. The van der Waals surface area contributed by atoms with Crippen molar-refractivity contribution in [3.8, 4) is 5.75 Å². The van der Waals surface area contributed by atoms with Crippen molar-refractivity contribution in [2.75, 3.05) is 12.4 Å². The molecule has 2 aromatic carbocycles. The quantitative estimate of drug-likeness (QED) is 0.895. The van der Waals surface area contributed by atoms with Gasteiger partial charge in [-0.1, -0.05) is 0 Å². The minimum absolute atomic E-state index is 0.175. The molecule has 20 heavy (non-hydrogen) atoms. The van der Waals surface area contributed by atoms with Crippen molar-refractivity contribution in [2.24, 2.45) is 0 Å². The van der Waals surface area contributed by atoms with Crippen LogP contribution in [0.3, 0.4) is 0 Å². The van der Waals surface area contributed by atoms with Gasteiger partial charge in [-0.2, -0.15) is 0 Å². The number of carboxylic acid groups (broad SMARTS) is 1. The van der Waals surface area contributed by atoms with Crippen molar-refractivity contribution in [3.05, 3.63) is 53.3 Å². The monoisotopic (exact) mass is 275 g/mol. The zero-order chi connectivity index (χ0) is 14.7. The molecule has 2 aromatic rings. The van der Waals surface area contributed by atoms with Crippen LogP contribution < -0.4 is 10.1 Å². The van der Waals surface area contributed by atoms with Crippen LogP contribution in [0.15, 0.2) is 36.4 Å². The minimum Gasteiger partial charge on any atom is -0.494 e. The second-order valence-corrected chi connectivity index (χ2v) is 4.31. The molecule has 0 amide bonds. The van der Waals surface area contributed by atoms with Crippen molar-refractivity contribution < 1.29 is 19.0 Å². The van der Waals surface area contributed by atoms with Crippen LogP contribution in [0.25, 0.3) is 0 Å². The summed E-state index contributed by atoms with van der Waals surface area (Å²) >= 11 is 0. The fraction of sp³-hybridized carbons (Fsp3) is 0.133. The Hall–Kier alpha value is -2.56. The molecule has 0 aliphatic carbocycles. The fourth-order valence-electron chi connectivity index (χ4n) is 1.84. The van der Waals surface area contributed by atoms with Gasteiger partial charge in [0.25, 0.3) is 0 Å². The molecule has 2 N–H and O–H groups in total. The number of carboxylic acids is 1. The Morgan fingerprint density at radius 1 is 1.25 bits per heavy atom. The lowest BCUT2D eigenvalue weighted by atomic mass is 10.1. The molecule has 104 valence electrons. The van der Waals surface area contributed by atoms with Gasteiger partial charge in [0.15, 0.2) is 11.6 Å². The van der Waals surface area contributed by atoms with E-state index in [0.29, 0.717) is 5.69 Å². The summed E-state index contributed by atoms with van der Waals surface area (Å²) in [5.74, 6) is -1.26. The Morgan fingerprint density at radius 2 is 2.00 bits per heavy atom. The molecule has 2 rings (SSSR count).